The largest absolute Gasteiger partial charge is 0.310 e. The molecule has 1 heterocycles. The van der Waals surface area contributed by atoms with Crippen LogP contribution in [0.15, 0.2) is 18.2 Å². The fourth-order valence-electron chi connectivity index (χ4n) is 1.34. The second-order valence-corrected chi connectivity index (χ2v) is 3.40. The molecule has 1 aromatic carbocycles. The maximum atomic E-state index is 13.2. The minimum atomic E-state index is -0.209. The van der Waals surface area contributed by atoms with Crippen LogP contribution in [0.3, 0.4) is 0 Å². The van der Waals surface area contributed by atoms with Crippen LogP contribution in [0.25, 0.3) is 0 Å². The summed E-state index contributed by atoms with van der Waals surface area (Å²) < 4.78 is 13.2. The first-order valence-electron chi connectivity index (χ1n) is 3.96. The lowest BCUT2D eigenvalue weighted by Gasteiger charge is -2.28. The Balaban J connectivity index is 2.31. The second-order valence-electron chi connectivity index (χ2n) is 2.96. The first-order valence-corrected chi connectivity index (χ1v) is 4.33. The van der Waals surface area contributed by atoms with Crippen LogP contribution in [-0.2, 0) is 0 Å². The first kappa shape index (κ1) is 8.02. The van der Waals surface area contributed by atoms with Crippen LogP contribution in [0.5, 0.6) is 0 Å². The third-order valence-corrected chi connectivity index (χ3v) is 2.40. The lowest BCUT2D eigenvalue weighted by atomic mass is 9.98. The van der Waals surface area contributed by atoms with Crippen LogP contribution in [0.1, 0.15) is 18.0 Å². The van der Waals surface area contributed by atoms with Gasteiger partial charge in [0.2, 0.25) is 0 Å². The van der Waals surface area contributed by atoms with E-state index in [0.29, 0.717) is 5.02 Å². The van der Waals surface area contributed by atoms with Gasteiger partial charge < -0.3 is 5.32 Å². The number of hydrogen-bond donors (Lipinski definition) is 1. The fourth-order valence-corrected chi connectivity index (χ4v) is 1.50. The zero-order chi connectivity index (χ0) is 8.55. The zero-order valence-corrected chi connectivity index (χ0v) is 7.24. The zero-order valence-electron chi connectivity index (χ0n) is 6.48. The Bertz CT molecular complexity index is 297. The van der Waals surface area contributed by atoms with Crippen LogP contribution in [-0.4, -0.2) is 6.54 Å². The summed E-state index contributed by atoms with van der Waals surface area (Å²) in [6, 6.07) is 5.02. The average Bonchev–Trinajstić information content (AvgIpc) is 1.91. The van der Waals surface area contributed by atoms with Gasteiger partial charge in [-0.25, -0.2) is 4.39 Å². The molecule has 12 heavy (non-hydrogen) atoms. The van der Waals surface area contributed by atoms with Crippen molar-refractivity contribution in [3.05, 3.63) is 34.6 Å². The van der Waals surface area contributed by atoms with Gasteiger partial charge in [-0.2, -0.15) is 0 Å². The summed E-state index contributed by atoms with van der Waals surface area (Å²) >= 11 is 5.62. The first-order chi connectivity index (χ1) is 5.77. The number of rotatable bonds is 1. The van der Waals surface area contributed by atoms with Gasteiger partial charge in [-0.1, -0.05) is 17.7 Å². The summed E-state index contributed by atoms with van der Waals surface area (Å²) in [6.45, 7) is 0.979. The van der Waals surface area contributed by atoms with Crippen molar-refractivity contribution in [3.8, 4) is 0 Å². The molecule has 1 nitrogen and oxygen atoms in total. The maximum Gasteiger partial charge on any atom is 0.129 e. The standard InChI is InChI=1S/C9H9ClFN/c10-6-1-2-7(8(11)5-6)9-3-4-12-9/h1-2,5,9,12H,3-4H2/t9-/m1/s1. The van der Waals surface area contributed by atoms with Crippen molar-refractivity contribution in [2.75, 3.05) is 6.54 Å². The summed E-state index contributed by atoms with van der Waals surface area (Å²) in [7, 11) is 0. The molecule has 0 unspecified atom stereocenters. The van der Waals surface area contributed by atoms with E-state index in [0.717, 1.165) is 18.5 Å². The summed E-state index contributed by atoms with van der Waals surface area (Å²) in [5, 5.41) is 3.59. The van der Waals surface area contributed by atoms with Gasteiger partial charge in [0.05, 0.1) is 0 Å². The topological polar surface area (TPSA) is 12.0 Å². The van der Waals surface area contributed by atoms with E-state index in [2.05, 4.69) is 5.32 Å². The van der Waals surface area contributed by atoms with E-state index in [4.69, 9.17) is 11.6 Å². The average molecular weight is 186 g/mol. The molecule has 1 aromatic rings. The van der Waals surface area contributed by atoms with Gasteiger partial charge in [-0.3, -0.25) is 0 Å². The van der Waals surface area contributed by atoms with Crippen LogP contribution < -0.4 is 5.32 Å². The summed E-state index contributed by atoms with van der Waals surface area (Å²) in [6.07, 6.45) is 1.01. The summed E-state index contributed by atoms with van der Waals surface area (Å²) in [4.78, 5) is 0. The van der Waals surface area contributed by atoms with E-state index in [1.54, 1.807) is 12.1 Å². The van der Waals surface area contributed by atoms with Crippen LogP contribution in [0, 0.1) is 5.82 Å². The van der Waals surface area contributed by atoms with Gasteiger partial charge in [0.15, 0.2) is 0 Å². The van der Waals surface area contributed by atoms with Crippen molar-refractivity contribution < 1.29 is 4.39 Å². The van der Waals surface area contributed by atoms with E-state index < -0.39 is 0 Å². The van der Waals surface area contributed by atoms with Gasteiger partial charge in [0, 0.05) is 16.6 Å². The second kappa shape index (κ2) is 3.04. The van der Waals surface area contributed by atoms with E-state index in [-0.39, 0.29) is 11.9 Å². The van der Waals surface area contributed by atoms with Crippen molar-refractivity contribution in [2.45, 2.75) is 12.5 Å². The molecule has 64 valence electrons. The molecule has 0 aromatic heterocycles. The Morgan fingerprint density at radius 2 is 2.25 bits per heavy atom. The molecule has 0 radical (unpaired) electrons. The highest BCUT2D eigenvalue weighted by Gasteiger charge is 2.21. The highest BCUT2D eigenvalue weighted by Crippen LogP contribution is 2.26. The lowest BCUT2D eigenvalue weighted by molar-refractivity contribution is 0.370. The van der Waals surface area contributed by atoms with E-state index in [1.807, 2.05) is 0 Å². The molecule has 0 saturated carbocycles. The molecular formula is C9H9ClFN. The number of nitrogens with one attached hydrogen (secondary N) is 1. The molecule has 1 atom stereocenters. The van der Waals surface area contributed by atoms with Gasteiger partial charge >= 0.3 is 0 Å². The maximum absolute atomic E-state index is 13.2. The number of benzene rings is 1. The van der Waals surface area contributed by atoms with Crippen LogP contribution in [0.2, 0.25) is 5.02 Å². The highest BCUT2D eigenvalue weighted by atomic mass is 35.5. The lowest BCUT2D eigenvalue weighted by Crippen LogP contribution is -2.35. The Kier molecular flexibility index (Phi) is 2.03. The Morgan fingerprint density at radius 1 is 1.50 bits per heavy atom. The number of hydrogen-bond acceptors (Lipinski definition) is 1. The molecule has 1 aliphatic heterocycles. The molecule has 0 bridgehead atoms. The molecule has 1 aliphatic rings. The van der Waals surface area contributed by atoms with Crippen molar-refractivity contribution in [3.63, 3.8) is 0 Å². The quantitative estimate of drug-likeness (QED) is 0.709. The fraction of sp³-hybridized carbons (Fsp3) is 0.333. The van der Waals surface area contributed by atoms with E-state index in [9.17, 15) is 4.39 Å². The highest BCUT2D eigenvalue weighted by molar-refractivity contribution is 6.30. The molecule has 0 spiro atoms. The van der Waals surface area contributed by atoms with E-state index >= 15 is 0 Å². The minimum absolute atomic E-state index is 0.197. The Hall–Kier alpha value is -0.600. The molecule has 0 amide bonds. The number of halogens is 2. The van der Waals surface area contributed by atoms with Crippen molar-refractivity contribution in [2.24, 2.45) is 0 Å². The van der Waals surface area contributed by atoms with Crippen molar-refractivity contribution >= 4 is 11.6 Å². The molecule has 1 N–H and O–H groups in total. The predicted molar refractivity (Wildman–Crippen MR) is 46.8 cm³/mol. The molecular weight excluding hydrogens is 177 g/mol. The van der Waals surface area contributed by atoms with Gasteiger partial charge in [0.25, 0.3) is 0 Å². The third-order valence-electron chi connectivity index (χ3n) is 2.16. The van der Waals surface area contributed by atoms with Crippen LogP contribution in [0.4, 0.5) is 4.39 Å². The molecule has 1 saturated heterocycles. The van der Waals surface area contributed by atoms with Crippen molar-refractivity contribution in [1.29, 1.82) is 0 Å². The Labute approximate surface area is 75.5 Å². The van der Waals surface area contributed by atoms with E-state index in [1.165, 1.54) is 6.07 Å². The summed E-state index contributed by atoms with van der Waals surface area (Å²) in [5.74, 6) is -0.209. The van der Waals surface area contributed by atoms with Crippen molar-refractivity contribution in [1.82, 2.24) is 5.32 Å². The van der Waals surface area contributed by atoms with Gasteiger partial charge in [-0.15, -0.1) is 0 Å². The molecule has 3 heteroatoms. The molecule has 2 rings (SSSR count). The molecule has 1 fully saturated rings. The minimum Gasteiger partial charge on any atom is -0.310 e. The smallest absolute Gasteiger partial charge is 0.129 e. The monoisotopic (exact) mass is 185 g/mol. The Morgan fingerprint density at radius 3 is 2.75 bits per heavy atom. The van der Waals surface area contributed by atoms with Gasteiger partial charge in [-0.05, 0) is 25.1 Å². The van der Waals surface area contributed by atoms with Gasteiger partial charge in [0.1, 0.15) is 5.82 Å². The SMILES string of the molecule is Fc1cc(Cl)ccc1[C@H]1CCN1. The third kappa shape index (κ3) is 1.32. The summed E-state index contributed by atoms with van der Waals surface area (Å²) in [5.41, 5.74) is 0.727. The normalized spacial score (nSPS) is 22.0. The predicted octanol–water partition coefficient (Wildman–Crippen LogP) is 2.51. The molecule has 0 aliphatic carbocycles. The van der Waals surface area contributed by atoms with Crippen LogP contribution >= 0.6 is 11.6 Å².